The van der Waals surface area contributed by atoms with Gasteiger partial charge in [0.05, 0.1) is 11.4 Å². The highest BCUT2D eigenvalue weighted by molar-refractivity contribution is 5.78. The molecule has 0 fully saturated rings. The van der Waals surface area contributed by atoms with Crippen molar-refractivity contribution in [1.29, 1.82) is 0 Å². The lowest BCUT2D eigenvalue weighted by atomic mass is 10.2. The summed E-state index contributed by atoms with van der Waals surface area (Å²) in [4.78, 5) is 8.65. The molecule has 0 saturated heterocycles. The van der Waals surface area contributed by atoms with Crippen molar-refractivity contribution in [2.24, 2.45) is 7.05 Å². The second-order valence-electron chi connectivity index (χ2n) is 5.03. The highest BCUT2D eigenvalue weighted by Crippen LogP contribution is 2.17. The fourth-order valence-electron chi connectivity index (χ4n) is 2.30. The van der Waals surface area contributed by atoms with Gasteiger partial charge in [-0.1, -0.05) is 0 Å². The minimum Gasteiger partial charge on any atom is -0.380 e. The number of hydrogen-bond donors (Lipinski definition) is 1. The zero-order valence-electron chi connectivity index (χ0n) is 11.9. The van der Waals surface area contributed by atoms with E-state index in [1.165, 1.54) is 0 Å². The Morgan fingerprint density at radius 2 is 2.00 bits per heavy atom. The fourth-order valence-corrected chi connectivity index (χ4v) is 2.30. The van der Waals surface area contributed by atoms with Crippen molar-refractivity contribution in [3.05, 3.63) is 47.5 Å². The van der Waals surface area contributed by atoms with Gasteiger partial charge in [0.25, 0.3) is 0 Å². The third-order valence-electron chi connectivity index (χ3n) is 3.29. The van der Waals surface area contributed by atoms with Crippen LogP contribution in [0.2, 0.25) is 0 Å². The van der Waals surface area contributed by atoms with E-state index in [-0.39, 0.29) is 0 Å². The normalized spacial score (nSPS) is 10.9. The molecule has 0 atom stereocenters. The number of nitrogens with one attached hydrogen (secondary N) is 1. The predicted molar refractivity (Wildman–Crippen MR) is 79.5 cm³/mol. The molecule has 5 heteroatoms. The molecule has 3 aromatic rings. The van der Waals surface area contributed by atoms with E-state index in [0.29, 0.717) is 0 Å². The molecule has 1 N–H and O–H groups in total. The number of nitrogens with zero attached hydrogens (tertiary/aromatic N) is 4. The molecule has 0 aliphatic rings. The summed E-state index contributed by atoms with van der Waals surface area (Å²) in [5, 5.41) is 8.85. The van der Waals surface area contributed by atoms with Gasteiger partial charge < -0.3 is 5.32 Å². The number of aromatic nitrogens is 4. The Morgan fingerprint density at radius 1 is 1.15 bits per heavy atom. The van der Waals surface area contributed by atoms with E-state index in [1.807, 2.05) is 44.2 Å². The number of pyridine rings is 2. The molecule has 0 unspecified atom stereocenters. The van der Waals surface area contributed by atoms with E-state index in [4.69, 9.17) is 0 Å². The van der Waals surface area contributed by atoms with Gasteiger partial charge >= 0.3 is 0 Å². The van der Waals surface area contributed by atoms with Crippen LogP contribution < -0.4 is 5.32 Å². The van der Waals surface area contributed by atoms with Crippen molar-refractivity contribution in [2.75, 3.05) is 5.32 Å². The van der Waals surface area contributed by atoms with Crippen LogP contribution in [0.1, 0.15) is 16.8 Å². The van der Waals surface area contributed by atoms with Gasteiger partial charge in [0.2, 0.25) is 0 Å². The fraction of sp³-hybridized carbons (Fsp3) is 0.267. The smallest absolute Gasteiger partial charge is 0.157 e. The second-order valence-corrected chi connectivity index (χ2v) is 5.03. The number of aryl methyl sites for hydroxylation is 3. The van der Waals surface area contributed by atoms with Crippen LogP contribution in [0, 0.1) is 13.8 Å². The van der Waals surface area contributed by atoms with Crippen LogP contribution in [0.5, 0.6) is 0 Å². The van der Waals surface area contributed by atoms with Crippen LogP contribution in [0.25, 0.3) is 11.0 Å². The average Bonchev–Trinajstić information content (AvgIpc) is 2.72. The Bertz CT molecular complexity index is 760. The SMILES string of the molecule is Cc1cncc(NCc2cnc3c(c2)c(C)nn3C)c1. The van der Waals surface area contributed by atoms with Gasteiger partial charge in [-0.05, 0) is 37.1 Å². The molecule has 0 aromatic carbocycles. The second kappa shape index (κ2) is 4.92. The Labute approximate surface area is 117 Å². The zero-order chi connectivity index (χ0) is 14.1. The maximum absolute atomic E-state index is 4.48. The highest BCUT2D eigenvalue weighted by Gasteiger charge is 2.06. The maximum atomic E-state index is 4.48. The first-order valence-corrected chi connectivity index (χ1v) is 6.57. The minimum absolute atomic E-state index is 0.725. The van der Waals surface area contributed by atoms with Gasteiger partial charge in [-0.15, -0.1) is 0 Å². The largest absolute Gasteiger partial charge is 0.380 e. The summed E-state index contributed by atoms with van der Waals surface area (Å²) in [6.07, 6.45) is 5.56. The molecule has 5 nitrogen and oxygen atoms in total. The van der Waals surface area contributed by atoms with Crippen molar-refractivity contribution in [2.45, 2.75) is 20.4 Å². The summed E-state index contributed by atoms with van der Waals surface area (Å²) in [6, 6.07) is 4.22. The summed E-state index contributed by atoms with van der Waals surface area (Å²) in [5.41, 5.74) is 5.23. The topological polar surface area (TPSA) is 55.6 Å². The maximum Gasteiger partial charge on any atom is 0.157 e. The van der Waals surface area contributed by atoms with Gasteiger partial charge in [0.1, 0.15) is 0 Å². The summed E-state index contributed by atoms with van der Waals surface area (Å²) >= 11 is 0. The van der Waals surface area contributed by atoms with E-state index in [1.54, 1.807) is 0 Å². The van der Waals surface area contributed by atoms with Gasteiger partial charge in [0.15, 0.2) is 5.65 Å². The minimum atomic E-state index is 0.725. The molecule has 3 aromatic heterocycles. The first kappa shape index (κ1) is 12.6. The lowest BCUT2D eigenvalue weighted by molar-refractivity contribution is 0.773. The van der Waals surface area contributed by atoms with E-state index < -0.39 is 0 Å². The summed E-state index contributed by atoms with van der Waals surface area (Å²) < 4.78 is 1.81. The lowest BCUT2D eigenvalue weighted by Crippen LogP contribution is -2.01. The molecule has 0 spiro atoms. The molecular weight excluding hydrogens is 250 g/mol. The summed E-state index contributed by atoms with van der Waals surface area (Å²) in [7, 11) is 1.92. The number of anilines is 1. The third kappa shape index (κ3) is 2.34. The van der Waals surface area contributed by atoms with Crippen molar-refractivity contribution in [1.82, 2.24) is 19.7 Å². The Morgan fingerprint density at radius 3 is 2.80 bits per heavy atom. The molecule has 0 saturated carbocycles. The Kier molecular flexibility index (Phi) is 3.10. The molecule has 0 amide bonds. The van der Waals surface area contributed by atoms with Crippen molar-refractivity contribution in [3.63, 3.8) is 0 Å². The van der Waals surface area contributed by atoms with Crippen molar-refractivity contribution in [3.8, 4) is 0 Å². The van der Waals surface area contributed by atoms with E-state index in [9.17, 15) is 0 Å². The van der Waals surface area contributed by atoms with E-state index in [2.05, 4.69) is 32.5 Å². The van der Waals surface area contributed by atoms with Gasteiger partial charge in [0, 0.05) is 37.6 Å². The molecule has 102 valence electrons. The molecular formula is C15H17N5. The van der Waals surface area contributed by atoms with Crippen LogP contribution in [0.4, 0.5) is 5.69 Å². The Hall–Kier alpha value is -2.43. The predicted octanol–water partition coefficient (Wildman–Crippen LogP) is 2.59. The quantitative estimate of drug-likeness (QED) is 0.792. The number of rotatable bonds is 3. The highest BCUT2D eigenvalue weighted by atomic mass is 15.3. The summed E-state index contributed by atoms with van der Waals surface area (Å²) in [6.45, 7) is 4.76. The molecule has 3 heterocycles. The molecule has 20 heavy (non-hydrogen) atoms. The zero-order valence-corrected chi connectivity index (χ0v) is 11.9. The lowest BCUT2D eigenvalue weighted by Gasteiger charge is -2.06. The van der Waals surface area contributed by atoms with E-state index >= 15 is 0 Å². The monoisotopic (exact) mass is 267 g/mol. The van der Waals surface area contributed by atoms with Crippen LogP contribution in [-0.4, -0.2) is 19.7 Å². The first-order valence-electron chi connectivity index (χ1n) is 6.57. The molecule has 0 bridgehead atoms. The van der Waals surface area contributed by atoms with E-state index in [0.717, 1.165) is 40.1 Å². The Balaban J connectivity index is 1.83. The number of hydrogen-bond acceptors (Lipinski definition) is 4. The van der Waals surface area contributed by atoms with Crippen LogP contribution in [-0.2, 0) is 13.6 Å². The average molecular weight is 267 g/mol. The van der Waals surface area contributed by atoms with Gasteiger partial charge in [-0.2, -0.15) is 5.10 Å². The third-order valence-corrected chi connectivity index (χ3v) is 3.29. The molecule has 0 radical (unpaired) electrons. The van der Waals surface area contributed by atoms with Gasteiger partial charge in [-0.25, -0.2) is 4.98 Å². The number of fused-ring (bicyclic) bond motifs is 1. The standard InChI is InChI=1S/C15H17N5/c1-10-4-13(9-16-6-10)17-7-12-5-14-11(2)19-20(3)15(14)18-8-12/h4-6,8-9,17H,7H2,1-3H3. The van der Waals surface area contributed by atoms with Crippen molar-refractivity contribution >= 4 is 16.7 Å². The van der Waals surface area contributed by atoms with Crippen LogP contribution in [0.15, 0.2) is 30.7 Å². The molecule has 3 rings (SSSR count). The van der Waals surface area contributed by atoms with Crippen LogP contribution in [0.3, 0.4) is 0 Å². The van der Waals surface area contributed by atoms with Gasteiger partial charge in [-0.3, -0.25) is 9.67 Å². The first-order chi connectivity index (χ1) is 9.63. The molecule has 0 aliphatic heterocycles. The van der Waals surface area contributed by atoms with Crippen LogP contribution >= 0.6 is 0 Å². The van der Waals surface area contributed by atoms with Crippen molar-refractivity contribution < 1.29 is 0 Å². The molecule has 0 aliphatic carbocycles. The summed E-state index contributed by atoms with van der Waals surface area (Å²) in [5.74, 6) is 0.